The molecule has 4 nitrogen and oxygen atoms in total. The van der Waals surface area contributed by atoms with Gasteiger partial charge in [0.1, 0.15) is 5.82 Å². The van der Waals surface area contributed by atoms with Gasteiger partial charge in [-0.1, -0.05) is 6.07 Å². The standard InChI is InChI=1S/C14H13BrFN3O/c1-7-2-3-9(15)12(4-7)19-13-5-8(14(18)20)11(17)6-10(13)16/h2-6,19H,17H2,1H3,(H2,18,20). The molecule has 0 bridgehead atoms. The van der Waals surface area contributed by atoms with E-state index in [0.717, 1.165) is 16.1 Å². The molecule has 1 amide bonds. The van der Waals surface area contributed by atoms with Gasteiger partial charge in [-0.2, -0.15) is 0 Å². The number of benzene rings is 2. The third-order valence-corrected chi connectivity index (χ3v) is 3.49. The SMILES string of the molecule is Cc1ccc(Br)c(Nc2cc(C(N)=O)c(N)cc2F)c1. The molecule has 5 N–H and O–H groups in total. The maximum absolute atomic E-state index is 13.9. The summed E-state index contributed by atoms with van der Waals surface area (Å²) in [6.45, 7) is 1.92. The Morgan fingerprint density at radius 2 is 1.95 bits per heavy atom. The molecule has 0 fully saturated rings. The molecule has 0 unspecified atom stereocenters. The minimum atomic E-state index is -0.700. The van der Waals surface area contributed by atoms with Crippen LogP contribution < -0.4 is 16.8 Å². The summed E-state index contributed by atoms with van der Waals surface area (Å²) in [5, 5.41) is 2.92. The van der Waals surface area contributed by atoms with Crippen molar-refractivity contribution < 1.29 is 9.18 Å². The molecule has 2 rings (SSSR count). The molecule has 6 heteroatoms. The molecule has 0 radical (unpaired) electrons. The van der Waals surface area contributed by atoms with Crippen molar-refractivity contribution in [3.05, 3.63) is 51.7 Å². The Bertz CT molecular complexity index is 688. The van der Waals surface area contributed by atoms with Gasteiger partial charge in [-0.25, -0.2) is 4.39 Å². The number of halogens is 2. The maximum atomic E-state index is 13.9. The number of rotatable bonds is 3. The molecule has 0 saturated heterocycles. The van der Waals surface area contributed by atoms with Gasteiger partial charge in [0.15, 0.2) is 0 Å². The van der Waals surface area contributed by atoms with Gasteiger partial charge < -0.3 is 16.8 Å². The number of nitrogens with two attached hydrogens (primary N) is 2. The predicted octanol–water partition coefficient (Wildman–Crippen LogP) is 3.32. The molecule has 20 heavy (non-hydrogen) atoms. The number of carbonyl (C=O) groups excluding carboxylic acids is 1. The van der Waals surface area contributed by atoms with Gasteiger partial charge in [-0.3, -0.25) is 4.79 Å². The molecule has 0 saturated carbocycles. The molecule has 0 aliphatic rings. The van der Waals surface area contributed by atoms with Crippen molar-refractivity contribution in [1.29, 1.82) is 0 Å². The van der Waals surface area contributed by atoms with Gasteiger partial charge in [0.05, 0.1) is 16.9 Å². The van der Waals surface area contributed by atoms with Crippen molar-refractivity contribution in [3.63, 3.8) is 0 Å². The second-order valence-electron chi connectivity index (χ2n) is 4.39. The Kier molecular flexibility index (Phi) is 3.94. The van der Waals surface area contributed by atoms with Crippen molar-refractivity contribution in [2.24, 2.45) is 5.73 Å². The first-order valence-electron chi connectivity index (χ1n) is 5.80. The normalized spacial score (nSPS) is 10.3. The molecular formula is C14H13BrFN3O. The molecule has 0 spiro atoms. The van der Waals surface area contributed by atoms with E-state index in [1.807, 2.05) is 25.1 Å². The van der Waals surface area contributed by atoms with Crippen molar-refractivity contribution in [2.75, 3.05) is 11.1 Å². The monoisotopic (exact) mass is 337 g/mol. The van der Waals surface area contributed by atoms with E-state index in [4.69, 9.17) is 11.5 Å². The van der Waals surface area contributed by atoms with Crippen LogP contribution >= 0.6 is 15.9 Å². The fourth-order valence-electron chi connectivity index (χ4n) is 1.78. The van der Waals surface area contributed by atoms with Gasteiger partial charge in [0.25, 0.3) is 5.91 Å². The number of amides is 1. The summed E-state index contributed by atoms with van der Waals surface area (Å²) in [6.07, 6.45) is 0. The Hall–Kier alpha value is -2.08. The zero-order chi connectivity index (χ0) is 14.9. The summed E-state index contributed by atoms with van der Waals surface area (Å²) < 4.78 is 14.7. The summed E-state index contributed by atoms with van der Waals surface area (Å²) in [7, 11) is 0. The minimum absolute atomic E-state index is 0.0175. The molecule has 0 aromatic heterocycles. The van der Waals surface area contributed by atoms with Crippen LogP contribution in [0.25, 0.3) is 0 Å². The summed E-state index contributed by atoms with van der Waals surface area (Å²) >= 11 is 3.37. The average Bonchev–Trinajstić information content (AvgIpc) is 2.36. The van der Waals surface area contributed by atoms with Gasteiger partial charge in [0.2, 0.25) is 0 Å². The molecular weight excluding hydrogens is 325 g/mol. The van der Waals surface area contributed by atoms with Gasteiger partial charge >= 0.3 is 0 Å². The number of hydrogen-bond donors (Lipinski definition) is 3. The van der Waals surface area contributed by atoms with E-state index in [1.165, 1.54) is 6.07 Å². The lowest BCUT2D eigenvalue weighted by atomic mass is 10.1. The van der Waals surface area contributed by atoms with Gasteiger partial charge in [-0.05, 0) is 52.7 Å². The smallest absolute Gasteiger partial charge is 0.250 e. The van der Waals surface area contributed by atoms with E-state index in [0.29, 0.717) is 5.69 Å². The molecule has 104 valence electrons. The van der Waals surface area contributed by atoms with E-state index >= 15 is 0 Å². The highest BCUT2D eigenvalue weighted by molar-refractivity contribution is 9.10. The third-order valence-electron chi connectivity index (χ3n) is 2.80. The molecule has 0 aliphatic carbocycles. The Morgan fingerprint density at radius 1 is 1.25 bits per heavy atom. The Labute approximate surface area is 124 Å². The fraction of sp³-hybridized carbons (Fsp3) is 0.0714. The quantitative estimate of drug-likeness (QED) is 0.751. The molecule has 0 heterocycles. The van der Waals surface area contributed by atoms with Crippen LogP contribution in [0.5, 0.6) is 0 Å². The number of anilines is 3. The maximum Gasteiger partial charge on any atom is 0.250 e. The Balaban J connectivity index is 2.45. The lowest BCUT2D eigenvalue weighted by Crippen LogP contribution is -2.14. The lowest BCUT2D eigenvalue weighted by molar-refractivity contribution is 0.100. The second-order valence-corrected chi connectivity index (χ2v) is 5.25. The minimum Gasteiger partial charge on any atom is -0.398 e. The van der Waals surface area contributed by atoms with Crippen molar-refractivity contribution >= 4 is 38.9 Å². The van der Waals surface area contributed by atoms with E-state index in [1.54, 1.807) is 0 Å². The summed E-state index contributed by atoms with van der Waals surface area (Å²) in [4.78, 5) is 11.2. The van der Waals surface area contributed by atoms with Crippen molar-refractivity contribution in [2.45, 2.75) is 6.92 Å². The van der Waals surface area contributed by atoms with Crippen LogP contribution in [0.2, 0.25) is 0 Å². The number of primary amides is 1. The molecule has 2 aromatic rings. The zero-order valence-corrected chi connectivity index (χ0v) is 12.3. The number of nitrogens with one attached hydrogen (secondary N) is 1. The van der Waals surface area contributed by atoms with Crippen LogP contribution in [0.4, 0.5) is 21.5 Å². The highest BCUT2D eigenvalue weighted by Gasteiger charge is 2.13. The fourth-order valence-corrected chi connectivity index (χ4v) is 2.12. The van der Waals surface area contributed by atoms with E-state index in [-0.39, 0.29) is 16.9 Å². The number of nitrogen functional groups attached to an aromatic ring is 1. The van der Waals surface area contributed by atoms with E-state index in [2.05, 4.69) is 21.2 Å². The topological polar surface area (TPSA) is 81.1 Å². The van der Waals surface area contributed by atoms with E-state index < -0.39 is 11.7 Å². The molecule has 0 aliphatic heterocycles. The van der Waals surface area contributed by atoms with Crippen LogP contribution in [0.1, 0.15) is 15.9 Å². The summed E-state index contributed by atoms with van der Waals surface area (Å²) in [5.74, 6) is -1.25. The number of carbonyl (C=O) groups is 1. The highest BCUT2D eigenvalue weighted by atomic mass is 79.9. The van der Waals surface area contributed by atoms with E-state index in [9.17, 15) is 9.18 Å². The first-order valence-corrected chi connectivity index (χ1v) is 6.60. The van der Waals surface area contributed by atoms with Crippen LogP contribution in [-0.4, -0.2) is 5.91 Å². The van der Waals surface area contributed by atoms with Crippen LogP contribution in [-0.2, 0) is 0 Å². The highest BCUT2D eigenvalue weighted by Crippen LogP contribution is 2.30. The lowest BCUT2D eigenvalue weighted by Gasteiger charge is -2.12. The van der Waals surface area contributed by atoms with Crippen molar-refractivity contribution in [1.82, 2.24) is 0 Å². The Morgan fingerprint density at radius 3 is 2.60 bits per heavy atom. The summed E-state index contributed by atoms with van der Waals surface area (Å²) in [5.41, 5.74) is 12.7. The van der Waals surface area contributed by atoms with Crippen LogP contribution in [0, 0.1) is 12.7 Å². The van der Waals surface area contributed by atoms with Gasteiger partial charge in [0, 0.05) is 10.2 Å². The average molecular weight is 338 g/mol. The second kappa shape index (κ2) is 5.50. The summed E-state index contributed by atoms with van der Waals surface area (Å²) in [6, 6.07) is 8.00. The largest absolute Gasteiger partial charge is 0.398 e. The number of hydrogen-bond acceptors (Lipinski definition) is 3. The first kappa shape index (κ1) is 14.3. The molecule has 2 aromatic carbocycles. The van der Waals surface area contributed by atoms with Gasteiger partial charge in [-0.15, -0.1) is 0 Å². The molecule has 0 atom stereocenters. The first-order chi connectivity index (χ1) is 9.38. The van der Waals surface area contributed by atoms with Crippen LogP contribution in [0.15, 0.2) is 34.8 Å². The number of aryl methyl sites for hydroxylation is 1. The van der Waals surface area contributed by atoms with Crippen molar-refractivity contribution in [3.8, 4) is 0 Å². The zero-order valence-electron chi connectivity index (χ0n) is 10.7. The third kappa shape index (κ3) is 2.91. The van der Waals surface area contributed by atoms with Crippen LogP contribution in [0.3, 0.4) is 0 Å². The predicted molar refractivity (Wildman–Crippen MR) is 81.5 cm³/mol.